The number of amides is 1. The Morgan fingerprint density at radius 3 is 2.74 bits per heavy atom. The van der Waals surface area contributed by atoms with Crippen molar-refractivity contribution < 1.29 is 4.79 Å². The van der Waals surface area contributed by atoms with E-state index in [0.29, 0.717) is 12.1 Å². The summed E-state index contributed by atoms with van der Waals surface area (Å²) in [4.78, 5) is 17.0. The number of benzene rings is 1. The second-order valence-electron chi connectivity index (χ2n) is 5.64. The monoisotopic (exact) mass is 309 g/mol. The van der Waals surface area contributed by atoms with Crippen LogP contribution in [0, 0.1) is 13.8 Å². The topological polar surface area (TPSA) is 72.7 Å². The van der Waals surface area contributed by atoms with Crippen LogP contribution < -0.4 is 5.32 Å². The predicted molar refractivity (Wildman–Crippen MR) is 88.2 cm³/mol. The summed E-state index contributed by atoms with van der Waals surface area (Å²) >= 11 is 0. The Morgan fingerprint density at radius 1 is 1.17 bits per heavy atom. The summed E-state index contributed by atoms with van der Waals surface area (Å²) < 4.78 is 1.89. The lowest BCUT2D eigenvalue weighted by molar-refractivity contribution is 0.0954. The Labute approximate surface area is 134 Å². The number of hydrogen-bond donors (Lipinski definition) is 1. The molecule has 0 saturated heterocycles. The molecule has 0 unspecified atom stereocenters. The molecule has 6 nitrogen and oxygen atoms in total. The Bertz CT molecular complexity index is 826. The molecule has 118 valence electrons. The third-order valence-corrected chi connectivity index (χ3v) is 3.68. The van der Waals surface area contributed by atoms with E-state index in [2.05, 4.69) is 20.5 Å². The first kappa shape index (κ1) is 15.1. The van der Waals surface area contributed by atoms with Crippen LogP contribution in [0.2, 0.25) is 0 Å². The number of rotatable bonds is 5. The smallest absolute Gasteiger partial charge is 0.252 e. The van der Waals surface area contributed by atoms with Gasteiger partial charge in [-0.05, 0) is 38.5 Å². The van der Waals surface area contributed by atoms with Crippen LogP contribution in [0.5, 0.6) is 0 Å². The van der Waals surface area contributed by atoms with Crippen molar-refractivity contribution in [2.75, 3.05) is 6.54 Å². The molecular weight excluding hydrogens is 290 g/mol. The van der Waals surface area contributed by atoms with Crippen LogP contribution in [-0.2, 0) is 6.54 Å². The molecule has 0 fully saturated rings. The summed E-state index contributed by atoms with van der Waals surface area (Å²) in [5, 5.41) is 11.4. The minimum absolute atomic E-state index is 0.0603. The Morgan fingerprint density at radius 2 is 1.96 bits per heavy atom. The molecule has 0 spiro atoms. The maximum absolute atomic E-state index is 12.5. The highest BCUT2D eigenvalue weighted by Gasteiger charge is 2.11. The van der Waals surface area contributed by atoms with Crippen LogP contribution >= 0.6 is 0 Å². The van der Waals surface area contributed by atoms with Crippen molar-refractivity contribution in [1.82, 2.24) is 25.1 Å². The van der Waals surface area contributed by atoms with Crippen molar-refractivity contribution in [3.05, 3.63) is 53.7 Å². The number of pyridine rings is 1. The number of carbonyl (C=O) groups is 1. The lowest BCUT2D eigenvalue weighted by Gasteiger charge is -2.10. The average molecular weight is 309 g/mol. The van der Waals surface area contributed by atoms with E-state index in [4.69, 9.17) is 0 Å². The van der Waals surface area contributed by atoms with Crippen LogP contribution in [0.15, 0.2) is 36.9 Å². The normalized spacial score (nSPS) is 10.9. The van der Waals surface area contributed by atoms with E-state index in [9.17, 15) is 4.79 Å². The molecule has 1 N–H and O–H groups in total. The van der Waals surface area contributed by atoms with Gasteiger partial charge in [-0.2, -0.15) is 0 Å². The largest absolute Gasteiger partial charge is 0.352 e. The summed E-state index contributed by atoms with van der Waals surface area (Å²) in [5.41, 5.74) is 3.49. The molecule has 0 aliphatic rings. The fraction of sp³-hybridized carbons (Fsp3) is 0.294. The molecule has 3 aromatic rings. The van der Waals surface area contributed by atoms with Crippen molar-refractivity contribution in [2.24, 2.45) is 0 Å². The van der Waals surface area contributed by atoms with Crippen LogP contribution in [0.1, 0.15) is 28.0 Å². The van der Waals surface area contributed by atoms with E-state index < -0.39 is 0 Å². The minimum atomic E-state index is -0.0603. The molecule has 23 heavy (non-hydrogen) atoms. The van der Waals surface area contributed by atoms with Gasteiger partial charge in [0.25, 0.3) is 5.91 Å². The van der Waals surface area contributed by atoms with E-state index in [0.717, 1.165) is 35.1 Å². The highest BCUT2D eigenvalue weighted by atomic mass is 16.1. The number of hydrogen-bond acceptors (Lipinski definition) is 4. The van der Waals surface area contributed by atoms with Crippen LogP contribution in [0.3, 0.4) is 0 Å². The summed E-state index contributed by atoms with van der Waals surface area (Å²) in [6.07, 6.45) is 4.17. The van der Waals surface area contributed by atoms with Crippen molar-refractivity contribution in [3.8, 4) is 0 Å². The first-order chi connectivity index (χ1) is 11.1. The summed E-state index contributed by atoms with van der Waals surface area (Å²) in [6, 6.07) is 7.82. The standard InChI is InChI=1S/C17H19N5O/c1-12-4-5-16-14(8-12)15(9-13(2)21-16)17(23)18-6-3-7-22-10-19-20-11-22/h4-5,8-11H,3,6-7H2,1-2H3,(H,18,23). The summed E-state index contributed by atoms with van der Waals surface area (Å²) in [5.74, 6) is -0.0603. The highest BCUT2D eigenvalue weighted by molar-refractivity contribution is 6.06. The van der Waals surface area contributed by atoms with Crippen molar-refractivity contribution in [1.29, 1.82) is 0 Å². The molecule has 0 radical (unpaired) electrons. The van der Waals surface area contributed by atoms with Crippen molar-refractivity contribution >= 4 is 16.8 Å². The first-order valence-electron chi connectivity index (χ1n) is 7.62. The number of fused-ring (bicyclic) bond motifs is 1. The fourth-order valence-electron chi connectivity index (χ4n) is 2.56. The van der Waals surface area contributed by atoms with E-state index in [-0.39, 0.29) is 5.91 Å². The van der Waals surface area contributed by atoms with E-state index in [1.807, 2.05) is 42.7 Å². The molecular formula is C17H19N5O. The minimum Gasteiger partial charge on any atom is -0.352 e. The van der Waals surface area contributed by atoms with Gasteiger partial charge in [0.2, 0.25) is 0 Å². The van der Waals surface area contributed by atoms with Gasteiger partial charge >= 0.3 is 0 Å². The van der Waals surface area contributed by atoms with Gasteiger partial charge in [-0.15, -0.1) is 10.2 Å². The number of nitrogens with one attached hydrogen (secondary N) is 1. The molecule has 0 atom stereocenters. The fourth-order valence-corrected chi connectivity index (χ4v) is 2.56. The van der Waals surface area contributed by atoms with Gasteiger partial charge in [-0.1, -0.05) is 11.6 Å². The van der Waals surface area contributed by atoms with Gasteiger partial charge in [-0.3, -0.25) is 9.78 Å². The number of aryl methyl sites for hydroxylation is 3. The van der Waals surface area contributed by atoms with Crippen molar-refractivity contribution in [3.63, 3.8) is 0 Å². The van der Waals surface area contributed by atoms with E-state index in [1.165, 1.54) is 0 Å². The quantitative estimate of drug-likeness (QED) is 0.734. The van der Waals surface area contributed by atoms with Gasteiger partial charge < -0.3 is 9.88 Å². The predicted octanol–water partition coefficient (Wildman–Crippen LogP) is 2.26. The number of aromatic nitrogens is 4. The molecule has 1 amide bonds. The number of nitrogens with zero attached hydrogens (tertiary/aromatic N) is 4. The average Bonchev–Trinajstić information content (AvgIpc) is 3.04. The number of carbonyl (C=O) groups excluding carboxylic acids is 1. The molecule has 0 aliphatic heterocycles. The Balaban J connectivity index is 1.71. The van der Waals surface area contributed by atoms with Gasteiger partial charge in [0.1, 0.15) is 12.7 Å². The SMILES string of the molecule is Cc1ccc2nc(C)cc(C(=O)NCCCn3cnnc3)c2c1. The van der Waals surface area contributed by atoms with Gasteiger partial charge in [0, 0.05) is 24.2 Å². The van der Waals surface area contributed by atoms with Crippen LogP contribution in [0.25, 0.3) is 10.9 Å². The molecule has 6 heteroatoms. The second-order valence-corrected chi connectivity index (χ2v) is 5.64. The van der Waals surface area contributed by atoms with E-state index in [1.54, 1.807) is 12.7 Å². The van der Waals surface area contributed by atoms with Gasteiger partial charge in [-0.25, -0.2) is 0 Å². The highest BCUT2D eigenvalue weighted by Crippen LogP contribution is 2.20. The lowest BCUT2D eigenvalue weighted by atomic mass is 10.0. The van der Waals surface area contributed by atoms with Crippen molar-refractivity contribution in [2.45, 2.75) is 26.8 Å². The van der Waals surface area contributed by atoms with Crippen LogP contribution in [-0.4, -0.2) is 32.2 Å². The maximum atomic E-state index is 12.5. The molecule has 0 saturated carbocycles. The van der Waals surface area contributed by atoms with Crippen LogP contribution in [0.4, 0.5) is 0 Å². The second kappa shape index (κ2) is 6.56. The van der Waals surface area contributed by atoms with E-state index >= 15 is 0 Å². The molecule has 0 bridgehead atoms. The Hall–Kier alpha value is -2.76. The third-order valence-electron chi connectivity index (χ3n) is 3.68. The third kappa shape index (κ3) is 3.53. The molecule has 3 rings (SSSR count). The lowest BCUT2D eigenvalue weighted by Crippen LogP contribution is -2.25. The zero-order valence-corrected chi connectivity index (χ0v) is 13.3. The zero-order chi connectivity index (χ0) is 16.2. The van der Waals surface area contributed by atoms with Gasteiger partial charge in [0.15, 0.2) is 0 Å². The molecule has 2 heterocycles. The molecule has 0 aliphatic carbocycles. The maximum Gasteiger partial charge on any atom is 0.252 e. The Kier molecular flexibility index (Phi) is 4.32. The molecule has 1 aromatic carbocycles. The summed E-state index contributed by atoms with van der Waals surface area (Å²) in [6.45, 7) is 5.30. The molecule has 2 aromatic heterocycles. The zero-order valence-electron chi connectivity index (χ0n) is 13.3. The summed E-state index contributed by atoms with van der Waals surface area (Å²) in [7, 11) is 0. The first-order valence-corrected chi connectivity index (χ1v) is 7.62. The van der Waals surface area contributed by atoms with Gasteiger partial charge in [0.05, 0.1) is 11.1 Å².